The van der Waals surface area contributed by atoms with Crippen LogP contribution in [0.2, 0.25) is 0 Å². The molecule has 1 heterocycles. The zero-order valence-electron chi connectivity index (χ0n) is 7.67. The van der Waals surface area contributed by atoms with Gasteiger partial charge in [0.2, 0.25) is 0 Å². The van der Waals surface area contributed by atoms with Crippen molar-refractivity contribution in [3.05, 3.63) is 17.8 Å². The molecule has 3 heteroatoms. The Morgan fingerprint density at radius 1 is 1.69 bits per heavy atom. The summed E-state index contributed by atoms with van der Waals surface area (Å²) in [4.78, 5) is 4.14. The molecular formula is C10H13N3. The number of hydrogen-bond acceptors (Lipinski definition) is 3. The SMILES string of the molecule is C#CCCNc1ncc(C)cc1N. The summed E-state index contributed by atoms with van der Waals surface area (Å²) in [5.41, 5.74) is 7.45. The van der Waals surface area contributed by atoms with Crippen LogP contribution in [0.5, 0.6) is 0 Å². The van der Waals surface area contributed by atoms with Gasteiger partial charge in [0.1, 0.15) is 5.82 Å². The molecule has 1 rings (SSSR count). The number of pyridine rings is 1. The molecule has 1 aromatic heterocycles. The average Bonchev–Trinajstić information content (AvgIpc) is 2.09. The fraction of sp³-hybridized carbons (Fsp3) is 0.300. The third-order valence-electron chi connectivity index (χ3n) is 1.62. The highest BCUT2D eigenvalue weighted by molar-refractivity contribution is 5.61. The van der Waals surface area contributed by atoms with Crippen molar-refractivity contribution in [3.63, 3.8) is 0 Å². The lowest BCUT2D eigenvalue weighted by Crippen LogP contribution is -2.05. The first-order valence-electron chi connectivity index (χ1n) is 4.13. The molecule has 0 unspecified atom stereocenters. The molecule has 68 valence electrons. The summed E-state index contributed by atoms with van der Waals surface area (Å²) in [7, 11) is 0. The van der Waals surface area contributed by atoms with E-state index in [0.717, 1.165) is 5.56 Å². The number of anilines is 2. The third kappa shape index (κ3) is 2.68. The van der Waals surface area contributed by atoms with Crippen LogP contribution in [-0.2, 0) is 0 Å². The van der Waals surface area contributed by atoms with Crippen LogP contribution in [0.4, 0.5) is 11.5 Å². The van der Waals surface area contributed by atoms with E-state index in [1.54, 1.807) is 6.20 Å². The van der Waals surface area contributed by atoms with Crippen molar-refractivity contribution in [2.24, 2.45) is 0 Å². The molecule has 0 bridgehead atoms. The number of nitrogen functional groups attached to an aromatic ring is 1. The maximum atomic E-state index is 5.73. The molecule has 0 spiro atoms. The van der Waals surface area contributed by atoms with Gasteiger partial charge < -0.3 is 11.1 Å². The maximum absolute atomic E-state index is 5.73. The van der Waals surface area contributed by atoms with Crippen LogP contribution in [0.25, 0.3) is 0 Å². The zero-order valence-corrected chi connectivity index (χ0v) is 7.67. The van der Waals surface area contributed by atoms with Crippen molar-refractivity contribution in [2.75, 3.05) is 17.6 Å². The van der Waals surface area contributed by atoms with Gasteiger partial charge in [0.25, 0.3) is 0 Å². The van der Waals surface area contributed by atoms with Crippen LogP contribution in [0, 0.1) is 19.3 Å². The van der Waals surface area contributed by atoms with Gasteiger partial charge in [0, 0.05) is 19.2 Å². The van der Waals surface area contributed by atoms with Crippen LogP contribution in [0.3, 0.4) is 0 Å². The van der Waals surface area contributed by atoms with E-state index in [2.05, 4.69) is 16.2 Å². The Hall–Kier alpha value is -1.69. The summed E-state index contributed by atoms with van der Waals surface area (Å²) in [6, 6.07) is 1.88. The number of terminal acetylenes is 1. The predicted molar refractivity (Wildman–Crippen MR) is 55.3 cm³/mol. The second kappa shape index (κ2) is 4.36. The fourth-order valence-electron chi connectivity index (χ4n) is 0.993. The average molecular weight is 175 g/mol. The number of rotatable bonds is 3. The van der Waals surface area contributed by atoms with Gasteiger partial charge in [-0.05, 0) is 18.6 Å². The summed E-state index contributed by atoms with van der Waals surface area (Å²) >= 11 is 0. The lowest BCUT2D eigenvalue weighted by atomic mass is 10.3. The second-order valence-electron chi connectivity index (χ2n) is 2.83. The van der Waals surface area contributed by atoms with Crippen molar-refractivity contribution in [3.8, 4) is 12.3 Å². The summed E-state index contributed by atoms with van der Waals surface area (Å²) in [5, 5.41) is 3.06. The highest BCUT2D eigenvalue weighted by Crippen LogP contribution is 2.15. The molecule has 13 heavy (non-hydrogen) atoms. The molecule has 0 saturated heterocycles. The van der Waals surface area contributed by atoms with Crippen LogP contribution in [0.1, 0.15) is 12.0 Å². The first kappa shape index (κ1) is 9.40. The summed E-state index contributed by atoms with van der Waals surface area (Å²) in [5.74, 6) is 3.25. The van der Waals surface area contributed by atoms with Crippen molar-refractivity contribution in [1.29, 1.82) is 0 Å². The topological polar surface area (TPSA) is 50.9 Å². The Bertz CT molecular complexity index is 325. The molecule has 0 atom stereocenters. The van der Waals surface area contributed by atoms with E-state index < -0.39 is 0 Å². The van der Waals surface area contributed by atoms with Gasteiger partial charge in [-0.25, -0.2) is 4.98 Å². The Morgan fingerprint density at radius 3 is 3.08 bits per heavy atom. The zero-order chi connectivity index (χ0) is 9.68. The molecule has 3 N–H and O–H groups in total. The van der Waals surface area contributed by atoms with Crippen LogP contribution < -0.4 is 11.1 Å². The molecule has 0 fully saturated rings. The molecule has 0 aliphatic heterocycles. The lowest BCUT2D eigenvalue weighted by Gasteiger charge is -2.06. The minimum absolute atomic E-state index is 0.664. The highest BCUT2D eigenvalue weighted by Gasteiger charge is 1.98. The number of nitrogens with two attached hydrogens (primary N) is 1. The molecule has 3 nitrogen and oxygen atoms in total. The van der Waals surface area contributed by atoms with Crippen LogP contribution in [-0.4, -0.2) is 11.5 Å². The molecule has 0 amide bonds. The normalized spacial score (nSPS) is 9.23. The highest BCUT2D eigenvalue weighted by atomic mass is 15.0. The number of nitrogens with zero attached hydrogens (tertiary/aromatic N) is 1. The molecule has 1 aromatic rings. The molecule has 0 radical (unpaired) electrons. The number of hydrogen-bond donors (Lipinski definition) is 2. The number of nitrogens with one attached hydrogen (secondary N) is 1. The van der Waals surface area contributed by atoms with Crippen molar-refractivity contribution >= 4 is 11.5 Å². The van der Waals surface area contributed by atoms with Gasteiger partial charge in [0.05, 0.1) is 5.69 Å². The minimum atomic E-state index is 0.664. The maximum Gasteiger partial charge on any atom is 0.149 e. The number of aromatic nitrogens is 1. The predicted octanol–water partition coefficient (Wildman–Crippen LogP) is 1.41. The summed E-state index contributed by atoms with van der Waals surface area (Å²) in [6.45, 7) is 2.66. The van der Waals surface area contributed by atoms with E-state index >= 15 is 0 Å². The molecule has 0 saturated carbocycles. The summed E-state index contributed by atoms with van der Waals surface area (Å²) < 4.78 is 0. The molecular weight excluding hydrogens is 162 g/mol. The van der Waals surface area contributed by atoms with Gasteiger partial charge in [-0.3, -0.25) is 0 Å². The number of aryl methyl sites for hydroxylation is 1. The first-order chi connectivity index (χ1) is 6.24. The summed E-state index contributed by atoms with van der Waals surface area (Å²) in [6.07, 6.45) is 7.56. The van der Waals surface area contributed by atoms with Crippen LogP contribution in [0.15, 0.2) is 12.3 Å². The smallest absolute Gasteiger partial charge is 0.149 e. The third-order valence-corrected chi connectivity index (χ3v) is 1.62. The quantitative estimate of drug-likeness (QED) is 0.539. The van der Waals surface area contributed by atoms with Gasteiger partial charge >= 0.3 is 0 Å². The van der Waals surface area contributed by atoms with Crippen molar-refractivity contribution in [2.45, 2.75) is 13.3 Å². The monoisotopic (exact) mass is 175 g/mol. The Labute approximate surface area is 78.4 Å². The minimum Gasteiger partial charge on any atom is -0.396 e. The fourth-order valence-corrected chi connectivity index (χ4v) is 0.993. The van der Waals surface area contributed by atoms with E-state index in [4.69, 9.17) is 12.2 Å². The van der Waals surface area contributed by atoms with E-state index in [1.165, 1.54) is 0 Å². The van der Waals surface area contributed by atoms with Gasteiger partial charge in [-0.2, -0.15) is 0 Å². The van der Waals surface area contributed by atoms with Gasteiger partial charge in [-0.15, -0.1) is 12.3 Å². The standard InChI is InChI=1S/C10H13N3/c1-3-4-5-12-10-9(11)6-8(2)7-13-10/h1,6-7H,4-5,11H2,2H3,(H,12,13). The Balaban J connectivity index is 2.62. The van der Waals surface area contributed by atoms with Gasteiger partial charge in [-0.1, -0.05) is 0 Å². The first-order valence-corrected chi connectivity index (χ1v) is 4.13. The largest absolute Gasteiger partial charge is 0.396 e. The molecule has 0 aliphatic carbocycles. The molecule has 0 aliphatic rings. The lowest BCUT2D eigenvalue weighted by molar-refractivity contribution is 1.07. The van der Waals surface area contributed by atoms with E-state index in [-0.39, 0.29) is 0 Å². The van der Waals surface area contributed by atoms with Crippen LogP contribution >= 0.6 is 0 Å². The van der Waals surface area contributed by atoms with E-state index in [1.807, 2.05) is 13.0 Å². The molecule has 0 aromatic carbocycles. The Morgan fingerprint density at radius 2 is 2.46 bits per heavy atom. The second-order valence-corrected chi connectivity index (χ2v) is 2.83. The van der Waals surface area contributed by atoms with E-state index in [0.29, 0.717) is 24.5 Å². The van der Waals surface area contributed by atoms with E-state index in [9.17, 15) is 0 Å². The van der Waals surface area contributed by atoms with Gasteiger partial charge in [0.15, 0.2) is 0 Å². The van der Waals surface area contributed by atoms with Crippen molar-refractivity contribution < 1.29 is 0 Å². The van der Waals surface area contributed by atoms with Crippen molar-refractivity contribution in [1.82, 2.24) is 4.98 Å². The Kier molecular flexibility index (Phi) is 3.15.